The maximum Gasteiger partial charge on any atom is 0.229 e. The largest absolute Gasteiger partial charge is 0.444 e. The van der Waals surface area contributed by atoms with Crippen LogP contribution in [0.2, 0.25) is 5.02 Å². The summed E-state index contributed by atoms with van der Waals surface area (Å²) in [6, 6.07) is 7.69. The molecule has 0 aliphatic heterocycles. The molecule has 2 aromatic heterocycles. The van der Waals surface area contributed by atoms with Gasteiger partial charge in [0.2, 0.25) is 5.71 Å². The van der Waals surface area contributed by atoms with E-state index in [1.54, 1.807) is 6.26 Å². The molecule has 0 spiro atoms. The van der Waals surface area contributed by atoms with E-state index in [9.17, 15) is 0 Å². The molecular weight excluding hydrogens is 236 g/mol. The molecule has 0 fully saturated rings. The highest BCUT2D eigenvalue weighted by molar-refractivity contribution is 6.30. The molecule has 0 N–H and O–H groups in total. The highest BCUT2D eigenvalue weighted by atomic mass is 35.5. The Morgan fingerprint density at radius 2 is 1.88 bits per heavy atom. The number of aromatic nitrogens is 2. The normalized spacial score (nSPS) is 11.2. The molecule has 86 valence electrons. The lowest BCUT2D eigenvalue weighted by molar-refractivity contribution is 0.606. The Bertz CT molecular complexity index is 679. The first kappa shape index (κ1) is 10.4. The third-order valence-corrected chi connectivity index (χ3v) is 3.08. The van der Waals surface area contributed by atoms with Gasteiger partial charge >= 0.3 is 0 Å². The van der Waals surface area contributed by atoms with Gasteiger partial charge in [-0.3, -0.25) is 0 Å². The van der Waals surface area contributed by atoms with Crippen molar-refractivity contribution in [1.29, 1.82) is 0 Å². The lowest BCUT2D eigenvalue weighted by Gasteiger charge is -1.98. The maximum atomic E-state index is 5.89. The molecule has 3 nitrogen and oxygen atoms in total. The van der Waals surface area contributed by atoms with E-state index in [1.165, 1.54) is 0 Å². The first-order valence-corrected chi connectivity index (χ1v) is 5.74. The fraction of sp³-hybridized carbons (Fsp3) is 0.154. The molecule has 0 atom stereocenters. The molecule has 0 unspecified atom stereocenters. The van der Waals surface area contributed by atoms with E-state index < -0.39 is 0 Å². The third kappa shape index (κ3) is 1.54. The standard InChI is InChI=1S/C13H11ClN2O/c1-8-7-17-13-12(9(2)15-16(8)13)10-3-5-11(14)6-4-10/h3-7H,1-2H3. The number of fused-ring (bicyclic) bond motifs is 1. The van der Waals surface area contributed by atoms with Gasteiger partial charge < -0.3 is 4.42 Å². The van der Waals surface area contributed by atoms with Gasteiger partial charge in [0.05, 0.1) is 17.0 Å². The number of aryl methyl sites for hydroxylation is 2. The monoisotopic (exact) mass is 246 g/mol. The van der Waals surface area contributed by atoms with E-state index in [-0.39, 0.29) is 0 Å². The smallest absolute Gasteiger partial charge is 0.229 e. The lowest BCUT2D eigenvalue weighted by Crippen LogP contribution is -1.85. The number of hydrogen-bond donors (Lipinski definition) is 0. The van der Waals surface area contributed by atoms with Gasteiger partial charge in [0, 0.05) is 5.02 Å². The molecule has 0 radical (unpaired) electrons. The van der Waals surface area contributed by atoms with Gasteiger partial charge in [-0.1, -0.05) is 23.7 Å². The number of nitrogens with zero attached hydrogens (tertiary/aromatic N) is 2. The molecule has 3 aromatic rings. The predicted molar refractivity (Wildman–Crippen MR) is 67.4 cm³/mol. The fourth-order valence-electron chi connectivity index (χ4n) is 1.99. The van der Waals surface area contributed by atoms with Crippen molar-refractivity contribution in [2.24, 2.45) is 0 Å². The van der Waals surface area contributed by atoms with Gasteiger partial charge in [-0.05, 0) is 31.5 Å². The van der Waals surface area contributed by atoms with E-state index in [4.69, 9.17) is 16.0 Å². The molecule has 3 rings (SSSR count). The highest BCUT2D eigenvalue weighted by Crippen LogP contribution is 2.30. The van der Waals surface area contributed by atoms with E-state index in [1.807, 2.05) is 42.6 Å². The first-order chi connectivity index (χ1) is 8.16. The molecule has 0 amide bonds. The summed E-state index contributed by atoms with van der Waals surface area (Å²) in [5, 5.41) is 5.19. The molecule has 2 heterocycles. The Kier molecular flexibility index (Phi) is 2.23. The topological polar surface area (TPSA) is 30.4 Å². The molecule has 0 bridgehead atoms. The average molecular weight is 247 g/mol. The summed E-state index contributed by atoms with van der Waals surface area (Å²) in [5.74, 6) is 0. The molecule has 17 heavy (non-hydrogen) atoms. The summed E-state index contributed by atoms with van der Waals surface area (Å²) in [6.45, 7) is 3.94. The molecule has 4 heteroatoms. The van der Waals surface area contributed by atoms with Crippen molar-refractivity contribution >= 4 is 17.3 Å². The summed E-state index contributed by atoms with van der Waals surface area (Å²) >= 11 is 5.89. The summed E-state index contributed by atoms with van der Waals surface area (Å²) in [4.78, 5) is 0. The minimum Gasteiger partial charge on any atom is -0.444 e. The Balaban J connectivity index is 2.29. The third-order valence-electron chi connectivity index (χ3n) is 2.83. The molecule has 0 saturated carbocycles. The van der Waals surface area contributed by atoms with E-state index in [0.29, 0.717) is 0 Å². The van der Waals surface area contributed by atoms with Gasteiger partial charge in [-0.25, -0.2) is 4.52 Å². The van der Waals surface area contributed by atoms with E-state index in [0.717, 1.165) is 33.3 Å². The molecular formula is C13H11ClN2O. The fourth-order valence-corrected chi connectivity index (χ4v) is 2.12. The van der Waals surface area contributed by atoms with Crippen molar-refractivity contribution in [1.82, 2.24) is 9.61 Å². The Morgan fingerprint density at radius 1 is 1.18 bits per heavy atom. The minimum atomic E-state index is 0.727. The minimum absolute atomic E-state index is 0.727. The first-order valence-electron chi connectivity index (χ1n) is 5.36. The van der Waals surface area contributed by atoms with Crippen LogP contribution in [0.4, 0.5) is 0 Å². The van der Waals surface area contributed by atoms with Gasteiger partial charge in [0.1, 0.15) is 6.26 Å². The molecule has 1 aromatic carbocycles. The van der Waals surface area contributed by atoms with Gasteiger partial charge in [0.15, 0.2) is 0 Å². The van der Waals surface area contributed by atoms with Gasteiger partial charge in [0.25, 0.3) is 0 Å². The second-order valence-corrected chi connectivity index (χ2v) is 4.50. The zero-order valence-corrected chi connectivity index (χ0v) is 10.3. The quantitative estimate of drug-likeness (QED) is 0.653. The van der Waals surface area contributed by atoms with Crippen LogP contribution in [0.5, 0.6) is 0 Å². The van der Waals surface area contributed by atoms with Crippen LogP contribution in [0.25, 0.3) is 16.8 Å². The van der Waals surface area contributed by atoms with E-state index >= 15 is 0 Å². The highest BCUT2D eigenvalue weighted by Gasteiger charge is 2.15. The predicted octanol–water partition coefficient (Wildman–Crippen LogP) is 3.86. The van der Waals surface area contributed by atoms with Crippen LogP contribution in [0.3, 0.4) is 0 Å². The van der Waals surface area contributed by atoms with Crippen LogP contribution in [-0.4, -0.2) is 9.61 Å². The van der Waals surface area contributed by atoms with Crippen molar-refractivity contribution in [2.75, 3.05) is 0 Å². The zero-order chi connectivity index (χ0) is 12.0. The number of oxazole rings is 1. The summed E-state index contributed by atoms with van der Waals surface area (Å²) < 4.78 is 7.37. The van der Waals surface area contributed by atoms with Crippen LogP contribution in [-0.2, 0) is 0 Å². The van der Waals surface area contributed by atoms with Gasteiger partial charge in [-0.15, -0.1) is 0 Å². The summed E-state index contributed by atoms with van der Waals surface area (Å²) in [5.41, 5.74) is 4.81. The molecule has 0 saturated heterocycles. The maximum absolute atomic E-state index is 5.89. The number of halogens is 1. The number of benzene rings is 1. The Labute approximate surface area is 104 Å². The SMILES string of the molecule is Cc1nn2c(C)coc2c1-c1ccc(Cl)cc1. The van der Waals surface area contributed by atoms with Crippen LogP contribution in [0.1, 0.15) is 11.4 Å². The second kappa shape index (κ2) is 3.64. The van der Waals surface area contributed by atoms with Crippen LogP contribution in [0.15, 0.2) is 34.9 Å². The van der Waals surface area contributed by atoms with Crippen molar-refractivity contribution in [3.63, 3.8) is 0 Å². The van der Waals surface area contributed by atoms with Crippen molar-refractivity contribution < 1.29 is 4.42 Å². The lowest BCUT2D eigenvalue weighted by atomic mass is 10.1. The number of rotatable bonds is 1. The second-order valence-electron chi connectivity index (χ2n) is 4.06. The number of hydrogen-bond acceptors (Lipinski definition) is 2. The van der Waals surface area contributed by atoms with Crippen molar-refractivity contribution in [3.05, 3.63) is 46.9 Å². The molecule has 0 aliphatic carbocycles. The van der Waals surface area contributed by atoms with Crippen LogP contribution >= 0.6 is 11.6 Å². The van der Waals surface area contributed by atoms with Crippen LogP contribution in [0, 0.1) is 13.8 Å². The summed E-state index contributed by atoms with van der Waals surface area (Å²) in [6.07, 6.45) is 1.71. The Hall–Kier alpha value is -1.74. The molecule has 0 aliphatic rings. The van der Waals surface area contributed by atoms with Gasteiger partial charge in [-0.2, -0.15) is 5.10 Å². The average Bonchev–Trinajstić information content (AvgIpc) is 2.81. The van der Waals surface area contributed by atoms with E-state index in [2.05, 4.69) is 5.10 Å². The van der Waals surface area contributed by atoms with Crippen LogP contribution < -0.4 is 0 Å². The van der Waals surface area contributed by atoms with Crippen molar-refractivity contribution in [2.45, 2.75) is 13.8 Å². The zero-order valence-electron chi connectivity index (χ0n) is 9.57. The Morgan fingerprint density at radius 3 is 2.59 bits per heavy atom. The summed E-state index contributed by atoms with van der Waals surface area (Å²) in [7, 11) is 0. The van der Waals surface area contributed by atoms with Crippen molar-refractivity contribution in [3.8, 4) is 11.1 Å².